The van der Waals surface area contributed by atoms with Crippen LogP contribution in [0.2, 0.25) is 0 Å². The van der Waals surface area contributed by atoms with E-state index in [1.807, 2.05) is 30.3 Å². The summed E-state index contributed by atoms with van der Waals surface area (Å²) < 4.78 is 40.2. The monoisotopic (exact) mass is 380 g/mol. The van der Waals surface area contributed by atoms with Gasteiger partial charge < -0.3 is 9.47 Å². The second-order valence-corrected chi connectivity index (χ2v) is 6.87. The minimum absolute atomic E-state index is 0.208. The molecule has 2 heterocycles. The van der Waals surface area contributed by atoms with Crippen LogP contribution in [0.4, 0.5) is 8.78 Å². The highest BCUT2D eigenvalue weighted by atomic mass is 19.2. The number of halogens is 2. The molecule has 140 valence electrons. The first-order valence-corrected chi connectivity index (χ1v) is 9.04. The van der Waals surface area contributed by atoms with Crippen molar-refractivity contribution >= 4 is 5.78 Å². The molecule has 2 aromatic carbocycles. The van der Waals surface area contributed by atoms with Crippen LogP contribution < -0.4 is 14.0 Å². The van der Waals surface area contributed by atoms with Gasteiger partial charge in [-0.2, -0.15) is 4.57 Å². The van der Waals surface area contributed by atoms with Crippen molar-refractivity contribution in [2.24, 2.45) is 0 Å². The molecule has 0 fully saturated rings. The van der Waals surface area contributed by atoms with Crippen LogP contribution in [0.1, 0.15) is 22.0 Å². The van der Waals surface area contributed by atoms with Crippen LogP contribution >= 0.6 is 0 Å². The van der Waals surface area contributed by atoms with Gasteiger partial charge in [-0.25, -0.2) is 8.78 Å². The molecule has 6 heteroatoms. The van der Waals surface area contributed by atoms with E-state index >= 15 is 0 Å². The van der Waals surface area contributed by atoms with Crippen LogP contribution in [0.15, 0.2) is 54.9 Å². The Morgan fingerprint density at radius 1 is 0.929 bits per heavy atom. The smallest absolute Gasteiger partial charge is 0.231 e. The zero-order chi connectivity index (χ0) is 19.3. The minimum Gasteiger partial charge on any atom is -0.486 e. The number of Topliss-reactive ketones (excluding diaryl/α,β-unsaturated/α-hetero) is 1. The lowest BCUT2D eigenvalue weighted by molar-refractivity contribution is -0.706. The van der Waals surface area contributed by atoms with Gasteiger partial charge in [0.25, 0.3) is 0 Å². The number of hydrogen-bond donors (Lipinski definition) is 0. The van der Waals surface area contributed by atoms with E-state index in [0.717, 1.165) is 23.3 Å². The Hall–Kier alpha value is -3.28. The topological polar surface area (TPSA) is 39.4 Å². The van der Waals surface area contributed by atoms with Crippen molar-refractivity contribution in [1.82, 2.24) is 0 Å². The van der Waals surface area contributed by atoms with Gasteiger partial charge in [-0.1, -0.05) is 12.1 Å². The Balaban J connectivity index is 1.46. The summed E-state index contributed by atoms with van der Waals surface area (Å²) >= 11 is 0. The standard InChI is InChI=1S/C22H16F2NO3/c23-17-10-14-11-19(21(26)16(14)12-18(17)24)25-6-4-13(5-7-25)15-2-1-3-20-22(15)28-9-8-27-20/h1-7,10,12,19H,8-9,11H2/q+1. The van der Waals surface area contributed by atoms with Crippen LogP contribution in [0.3, 0.4) is 0 Å². The highest BCUT2D eigenvalue weighted by molar-refractivity contribution is 6.02. The fourth-order valence-corrected chi connectivity index (χ4v) is 3.83. The molecule has 0 amide bonds. The summed E-state index contributed by atoms with van der Waals surface area (Å²) in [5.41, 5.74) is 2.63. The second kappa shape index (κ2) is 6.41. The van der Waals surface area contributed by atoms with Crippen LogP contribution in [0.5, 0.6) is 11.5 Å². The van der Waals surface area contributed by atoms with Crippen molar-refractivity contribution in [2.75, 3.05) is 13.2 Å². The van der Waals surface area contributed by atoms with E-state index in [1.54, 1.807) is 17.0 Å². The molecule has 1 aliphatic heterocycles. The average Bonchev–Trinajstić information content (AvgIpc) is 3.04. The number of para-hydroxylation sites is 1. The summed E-state index contributed by atoms with van der Waals surface area (Å²) in [6.45, 7) is 1.02. The number of fused-ring (bicyclic) bond motifs is 2. The van der Waals surface area contributed by atoms with Crippen molar-refractivity contribution < 1.29 is 27.6 Å². The number of hydrogen-bond acceptors (Lipinski definition) is 3. The summed E-state index contributed by atoms with van der Waals surface area (Å²) in [5.74, 6) is -0.707. The quantitative estimate of drug-likeness (QED) is 0.637. The largest absolute Gasteiger partial charge is 0.486 e. The van der Waals surface area contributed by atoms with Gasteiger partial charge in [-0.3, -0.25) is 4.79 Å². The van der Waals surface area contributed by atoms with Crippen LogP contribution in [-0.4, -0.2) is 19.0 Å². The van der Waals surface area contributed by atoms with Gasteiger partial charge in [0, 0.05) is 29.7 Å². The highest BCUT2D eigenvalue weighted by Crippen LogP contribution is 2.39. The molecule has 28 heavy (non-hydrogen) atoms. The number of rotatable bonds is 2. The Morgan fingerprint density at radius 2 is 1.68 bits per heavy atom. The second-order valence-electron chi connectivity index (χ2n) is 6.87. The SMILES string of the molecule is O=C1c2cc(F)c(F)cc2CC1[n+]1ccc(-c2cccc3c2OCCO3)cc1. The highest BCUT2D eigenvalue weighted by Gasteiger charge is 2.38. The van der Waals surface area contributed by atoms with Crippen molar-refractivity contribution in [3.05, 3.63) is 77.6 Å². The van der Waals surface area contributed by atoms with Crippen LogP contribution in [0, 0.1) is 11.6 Å². The Bertz CT molecular complexity index is 1100. The average molecular weight is 380 g/mol. The molecule has 0 bridgehead atoms. The molecule has 4 nitrogen and oxygen atoms in total. The Labute approximate surface area is 160 Å². The van der Waals surface area contributed by atoms with Crippen LogP contribution in [0.25, 0.3) is 11.1 Å². The number of nitrogens with zero attached hydrogens (tertiary/aromatic N) is 1. The maximum Gasteiger partial charge on any atom is 0.231 e. The number of pyridine rings is 1. The predicted molar refractivity (Wildman–Crippen MR) is 96.5 cm³/mol. The van der Waals surface area contributed by atoms with Gasteiger partial charge in [0.2, 0.25) is 11.8 Å². The Kier molecular flexibility index (Phi) is 3.86. The van der Waals surface area contributed by atoms with E-state index in [-0.39, 0.29) is 11.3 Å². The molecule has 1 atom stereocenters. The zero-order valence-electron chi connectivity index (χ0n) is 14.8. The van der Waals surface area contributed by atoms with Gasteiger partial charge in [0.1, 0.15) is 13.2 Å². The van der Waals surface area contributed by atoms with E-state index in [1.165, 1.54) is 0 Å². The molecule has 0 N–H and O–H groups in total. The molecule has 2 aliphatic rings. The summed E-state index contributed by atoms with van der Waals surface area (Å²) in [5, 5.41) is 0. The molecular weight excluding hydrogens is 364 g/mol. The summed E-state index contributed by atoms with van der Waals surface area (Å²) in [4.78, 5) is 12.7. The number of ether oxygens (including phenoxy) is 2. The van der Waals surface area contributed by atoms with Crippen molar-refractivity contribution in [1.29, 1.82) is 0 Å². The third-order valence-electron chi connectivity index (χ3n) is 5.22. The van der Waals surface area contributed by atoms with Crippen molar-refractivity contribution in [2.45, 2.75) is 12.5 Å². The molecule has 1 aromatic heterocycles. The molecule has 1 aliphatic carbocycles. The number of carbonyl (C=O) groups is 1. The Morgan fingerprint density at radius 3 is 2.50 bits per heavy atom. The zero-order valence-corrected chi connectivity index (χ0v) is 14.8. The molecule has 3 aromatic rings. The third-order valence-corrected chi connectivity index (χ3v) is 5.22. The van der Waals surface area contributed by atoms with Gasteiger partial charge in [-0.05, 0) is 29.3 Å². The number of aromatic nitrogens is 1. The molecule has 5 rings (SSSR count). The van der Waals surface area contributed by atoms with Gasteiger partial charge in [0.15, 0.2) is 35.5 Å². The van der Waals surface area contributed by atoms with Crippen molar-refractivity contribution in [3.8, 4) is 22.6 Å². The van der Waals surface area contributed by atoms with Gasteiger partial charge in [0.05, 0.1) is 0 Å². The van der Waals surface area contributed by atoms with E-state index < -0.39 is 17.7 Å². The van der Waals surface area contributed by atoms with Gasteiger partial charge >= 0.3 is 0 Å². The lowest BCUT2D eigenvalue weighted by Gasteiger charge is -2.20. The van der Waals surface area contributed by atoms with Gasteiger partial charge in [-0.15, -0.1) is 0 Å². The summed E-state index contributed by atoms with van der Waals surface area (Å²) in [6, 6.07) is 11.1. The molecule has 0 saturated carbocycles. The molecular formula is C22H16F2NO3+. The lowest BCUT2D eigenvalue weighted by Crippen LogP contribution is -2.42. The van der Waals surface area contributed by atoms with E-state index in [4.69, 9.17) is 9.47 Å². The molecule has 0 radical (unpaired) electrons. The predicted octanol–water partition coefficient (Wildman–Crippen LogP) is 3.67. The third kappa shape index (κ3) is 2.64. The maximum atomic E-state index is 13.5. The molecule has 0 spiro atoms. The maximum absolute atomic E-state index is 13.5. The number of benzene rings is 2. The summed E-state index contributed by atoms with van der Waals surface area (Å²) in [6.07, 6.45) is 3.95. The number of carbonyl (C=O) groups excluding carboxylic acids is 1. The van der Waals surface area contributed by atoms with E-state index in [0.29, 0.717) is 36.7 Å². The van der Waals surface area contributed by atoms with E-state index in [2.05, 4.69) is 0 Å². The number of ketones is 1. The first-order chi connectivity index (χ1) is 13.6. The lowest BCUT2D eigenvalue weighted by atomic mass is 10.0. The van der Waals surface area contributed by atoms with Crippen LogP contribution in [-0.2, 0) is 6.42 Å². The molecule has 0 saturated heterocycles. The van der Waals surface area contributed by atoms with Crippen molar-refractivity contribution in [3.63, 3.8) is 0 Å². The summed E-state index contributed by atoms with van der Waals surface area (Å²) in [7, 11) is 0. The first-order valence-electron chi connectivity index (χ1n) is 9.04. The normalized spacial score (nSPS) is 17.5. The fraction of sp³-hybridized carbons (Fsp3) is 0.182. The fourth-order valence-electron chi connectivity index (χ4n) is 3.83. The minimum atomic E-state index is -0.996. The van der Waals surface area contributed by atoms with E-state index in [9.17, 15) is 13.6 Å². The first kappa shape index (κ1) is 16.9. The molecule has 1 unspecified atom stereocenters.